The molecule has 5 N–H and O–H groups in total. The summed E-state index contributed by atoms with van der Waals surface area (Å²) in [6.07, 6.45) is 0.377. The lowest BCUT2D eigenvalue weighted by Crippen LogP contribution is -2.47. The summed E-state index contributed by atoms with van der Waals surface area (Å²) in [5.41, 5.74) is 8.15. The van der Waals surface area contributed by atoms with Gasteiger partial charge in [-0.15, -0.1) is 0 Å². The van der Waals surface area contributed by atoms with Crippen LogP contribution < -0.4 is 16.4 Å². The van der Waals surface area contributed by atoms with Crippen LogP contribution in [0, 0.1) is 0 Å². The van der Waals surface area contributed by atoms with E-state index in [9.17, 15) is 23.9 Å². The van der Waals surface area contributed by atoms with E-state index >= 15 is 0 Å². The molecule has 2 aliphatic heterocycles. The number of fused-ring (bicyclic) bond motifs is 2. The number of amides is 3. The quantitative estimate of drug-likeness (QED) is 0.240. The van der Waals surface area contributed by atoms with E-state index < -0.39 is 30.3 Å². The number of nitrogens with zero attached hydrogens (tertiary/aromatic N) is 6. The van der Waals surface area contributed by atoms with Crippen LogP contribution in [0.1, 0.15) is 32.3 Å². The standard InChI is InChI=1S/C24H22FN9O4S/c25-13-6-17(22(37)31-24-30-15-8-27-23(38)20(15)39-24)33(9-13)18(35)10-34-16-2-1-11(12-3-4-28-29-7-12)5-14(16)19(32-34)21(26)36/h1-5,7,13,17,22,37H,6,8-10H2,(H2,26,36)(H,27,38)(H,30,31). The van der Waals surface area contributed by atoms with Crippen LogP contribution in [-0.4, -0.2) is 77.7 Å². The molecule has 6 rings (SSSR count). The summed E-state index contributed by atoms with van der Waals surface area (Å²) in [6.45, 7) is -0.212. The number of alkyl halides is 1. The van der Waals surface area contributed by atoms with Crippen LogP contribution in [0.3, 0.4) is 0 Å². The second-order valence-electron chi connectivity index (χ2n) is 9.25. The first-order valence-electron chi connectivity index (χ1n) is 12.0. The monoisotopic (exact) mass is 551 g/mol. The van der Waals surface area contributed by atoms with Crippen molar-refractivity contribution in [1.29, 1.82) is 0 Å². The number of nitrogens with two attached hydrogens (primary N) is 1. The zero-order valence-corrected chi connectivity index (χ0v) is 21.1. The molecule has 0 radical (unpaired) electrons. The van der Waals surface area contributed by atoms with Crippen molar-refractivity contribution in [2.24, 2.45) is 5.73 Å². The number of nitrogens with one attached hydrogen (secondary N) is 2. The molecule has 0 saturated carbocycles. The van der Waals surface area contributed by atoms with E-state index in [4.69, 9.17) is 5.73 Å². The third-order valence-corrected chi connectivity index (χ3v) is 7.78. The van der Waals surface area contributed by atoms with Crippen molar-refractivity contribution in [2.75, 3.05) is 11.9 Å². The number of aromatic nitrogens is 5. The summed E-state index contributed by atoms with van der Waals surface area (Å²) in [5, 5.41) is 29.0. The fourth-order valence-electron chi connectivity index (χ4n) is 4.92. The number of halogens is 1. The van der Waals surface area contributed by atoms with Crippen molar-refractivity contribution >= 4 is 45.1 Å². The number of likely N-dealkylation sites (tertiary alicyclic amines) is 1. The van der Waals surface area contributed by atoms with Gasteiger partial charge in [-0.25, -0.2) is 9.37 Å². The van der Waals surface area contributed by atoms with Crippen molar-refractivity contribution < 1.29 is 23.9 Å². The van der Waals surface area contributed by atoms with Gasteiger partial charge in [0.2, 0.25) is 5.91 Å². The van der Waals surface area contributed by atoms with E-state index in [-0.39, 0.29) is 31.1 Å². The van der Waals surface area contributed by atoms with E-state index in [2.05, 4.69) is 30.9 Å². The highest BCUT2D eigenvalue weighted by Crippen LogP contribution is 2.30. The number of aliphatic hydroxyl groups excluding tert-OH is 1. The average molecular weight is 552 g/mol. The van der Waals surface area contributed by atoms with Gasteiger partial charge in [-0.2, -0.15) is 15.3 Å². The van der Waals surface area contributed by atoms with Gasteiger partial charge in [-0.1, -0.05) is 17.4 Å². The van der Waals surface area contributed by atoms with Crippen LogP contribution in [0.2, 0.25) is 0 Å². The summed E-state index contributed by atoms with van der Waals surface area (Å²) in [4.78, 5) is 43.3. The molecular formula is C24H22FN9O4S. The van der Waals surface area contributed by atoms with Gasteiger partial charge in [0.1, 0.15) is 23.8 Å². The van der Waals surface area contributed by atoms with Gasteiger partial charge < -0.3 is 26.4 Å². The zero-order chi connectivity index (χ0) is 27.3. The maximum absolute atomic E-state index is 14.5. The van der Waals surface area contributed by atoms with E-state index in [1.165, 1.54) is 9.58 Å². The molecule has 0 aliphatic carbocycles. The van der Waals surface area contributed by atoms with E-state index in [0.29, 0.717) is 33.2 Å². The minimum absolute atomic E-state index is 0.00874. The summed E-state index contributed by atoms with van der Waals surface area (Å²) in [7, 11) is 0. The largest absolute Gasteiger partial charge is 0.372 e. The summed E-state index contributed by atoms with van der Waals surface area (Å²) >= 11 is 1.08. The van der Waals surface area contributed by atoms with Crippen LogP contribution in [-0.2, 0) is 17.9 Å². The molecule has 1 fully saturated rings. The molecule has 0 spiro atoms. The first-order valence-corrected chi connectivity index (χ1v) is 12.8. The molecule has 5 heterocycles. The number of rotatable bonds is 7. The molecule has 3 atom stereocenters. The summed E-state index contributed by atoms with van der Waals surface area (Å²) in [5.74, 6) is -1.49. The van der Waals surface area contributed by atoms with Crippen molar-refractivity contribution in [3.8, 4) is 11.1 Å². The second kappa shape index (κ2) is 9.67. The van der Waals surface area contributed by atoms with Crippen molar-refractivity contribution in [3.63, 3.8) is 0 Å². The predicted octanol–water partition coefficient (Wildman–Crippen LogP) is 0.662. The number of aliphatic hydroxyl groups is 1. The number of anilines is 1. The first-order chi connectivity index (χ1) is 18.8. The van der Waals surface area contributed by atoms with E-state index in [1.807, 2.05) is 0 Å². The molecular weight excluding hydrogens is 529 g/mol. The Kier molecular flexibility index (Phi) is 6.15. The Morgan fingerprint density at radius 1 is 1.28 bits per heavy atom. The Morgan fingerprint density at radius 3 is 2.87 bits per heavy atom. The highest BCUT2D eigenvalue weighted by atomic mass is 32.1. The molecule has 3 aromatic heterocycles. The van der Waals surface area contributed by atoms with Crippen LogP contribution in [0.25, 0.3) is 22.0 Å². The normalized spacial score (nSPS) is 19.2. The minimum Gasteiger partial charge on any atom is -0.372 e. The van der Waals surface area contributed by atoms with Gasteiger partial charge in [0, 0.05) is 17.4 Å². The lowest BCUT2D eigenvalue weighted by molar-refractivity contribution is -0.134. The van der Waals surface area contributed by atoms with Gasteiger partial charge in [0.05, 0.1) is 42.7 Å². The van der Waals surface area contributed by atoms with Gasteiger partial charge >= 0.3 is 0 Å². The average Bonchev–Trinajstić information content (AvgIpc) is 3.68. The van der Waals surface area contributed by atoms with Crippen LogP contribution in [0.4, 0.5) is 9.52 Å². The molecule has 2 aliphatic rings. The maximum Gasteiger partial charge on any atom is 0.269 e. The van der Waals surface area contributed by atoms with Gasteiger partial charge in [-0.3, -0.25) is 19.1 Å². The third kappa shape index (κ3) is 4.55. The Hall–Kier alpha value is -4.50. The Balaban J connectivity index is 1.24. The molecule has 1 aromatic carbocycles. The minimum atomic E-state index is -1.34. The van der Waals surface area contributed by atoms with Crippen LogP contribution in [0.15, 0.2) is 36.7 Å². The number of benzene rings is 1. The van der Waals surface area contributed by atoms with Gasteiger partial charge in [0.25, 0.3) is 11.8 Å². The molecule has 13 nitrogen and oxygen atoms in total. The van der Waals surface area contributed by atoms with Crippen LogP contribution >= 0.6 is 11.3 Å². The third-order valence-electron chi connectivity index (χ3n) is 6.75. The SMILES string of the molecule is NC(=O)c1nn(CC(=O)N2CC(F)CC2C(O)Nc2nc3c(s2)C(=O)NC3)c2ccc(-c3ccnnc3)cc12. The highest BCUT2D eigenvalue weighted by molar-refractivity contribution is 7.17. The second-order valence-corrected chi connectivity index (χ2v) is 10.2. The van der Waals surface area contributed by atoms with Crippen LogP contribution in [0.5, 0.6) is 0 Å². The molecule has 3 unspecified atom stereocenters. The number of hydrogen-bond donors (Lipinski definition) is 4. The van der Waals surface area contributed by atoms with Crippen molar-refractivity contribution in [2.45, 2.75) is 38.0 Å². The fraction of sp³-hybridized carbons (Fsp3) is 0.292. The predicted molar refractivity (Wildman–Crippen MR) is 137 cm³/mol. The number of carbonyl (C=O) groups is 3. The number of hydrogen-bond acceptors (Lipinski definition) is 10. The number of carbonyl (C=O) groups excluding carboxylic acids is 3. The summed E-state index contributed by atoms with van der Waals surface area (Å²) < 4.78 is 15.8. The Labute approximate surface area is 223 Å². The lowest BCUT2D eigenvalue weighted by Gasteiger charge is -2.28. The van der Waals surface area contributed by atoms with Gasteiger partial charge in [0.15, 0.2) is 10.8 Å². The summed E-state index contributed by atoms with van der Waals surface area (Å²) in [6, 6.07) is 6.12. The smallest absolute Gasteiger partial charge is 0.269 e. The van der Waals surface area contributed by atoms with E-state index in [0.717, 1.165) is 22.5 Å². The lowest BCUT2D eigenvalue weighted by atomic mass is 10.0. The zero-order valence-electron chi connectivity index (χ0n) is 20.2. The Bertz CT molecular complexity index is 1610. The van der Waals surface area contributed by atoms with Gasteiger partial charge in [-0.05, 0) is 23.8 Å². The van der Waals surface area contributed by atoms with Crippen molar-refractivity contribution in [1.82, 2.24) is 35.2 Å². The molecule has 15 heteroatoms. The molecule has 200 valence electrons. The molecule has 4 aromatic rings. The highest BCUT2D eigenvalue weighted by Gasteiger charge is 2.40. The number of thiazole rings is 1. The fourth-order valence-corrected chi connectivity index (χ4v) is 5.85. The van der Waals surface area contributed by atoms with Crippen molar-refractivity contribution in [3.05, 3.63) is 52.9 Å². The first kappa shape index (κ1) is 24.8. The topological polar surface area (TPSA) is 181 Å². The molecule has 3 amide bonds. The Morgan fingerprint density at radius 2 is 2.13 bits per heavy atom. The molecule has 0 bridgehead atoms. The van der Waals surface area contributed by atoms with E-state index in [1.54, 1.807) is 36.7 Å². The molecule has 1 saturated heterocycles. The molecule has 39 heavy (non-hydrogen) atoms. The maximum atomic E-state index is 14.5. The number of primary amides is 1.